The van der Waals surface area contributed by atoms with Gasteiger partial charge in [-0.1, -0.05) is 24.3 Å². The predicted molar refractivity (Wildman–Crippen MR) is 113 cm³/mol. The van der Waals surface area contributed by atoms with Gasteiger partial charge in [-0.15, -0.1) is 0 Å². The van der Waals surface area contributed by atoms with Crippen LogP contribution in [-0.4, -0.2) is 49.3 Å². The molecule has 2 heterocycles. The van der Waals surface area contributed by atoms with E-state index < -0.39 is 0 Å². The molecule has 5 rings (SSSR count). The van der Waals surface area contributed by atoms with Gasteiger partial charge in [0.15, 0.2) is 0 Å². The Kier molecular flexibility index (Phi) is 5.38. The number of hydrogen-bond donors (Lipinski definition) is 2. The number of amides is 2. The average Bonchev–Trinajstić information content (AvgIpc) is 3.43. The number of carbonyl (C=O) groups excluding carboxylic acids is 2. The lowest BCUT2D eigenvalue weighted by atomic mass is 10.1. The first kappa shape index (κ1) is 20.0. The first-order chi connectivity index (χ1) is 15.1. The smallest absolute Gasteiger partial charge is 0.255 e. The Morgan fingerprint density at radius 1 is 0.935 bits per heavy atom. The lowest BCUT2D eigenvalue weighted by molar-refractivity contribution is -0.123. The van der Waals surface area contributed by atoms with Gasteiger partial charge in [0.1, 0.15) is 23.7 Å². The van der Waals surface area contributed by atoms with Crippen LogP contribution >= 0.6 is 0 Å². The summed E-state index contributed by atoms with van der Waals surface area (Å²) in [5.41, 5.74) is 1.53. The zero-order valence-corrected chi connectivity index (χ0v) is 17.4. The number of carbonyl (C=O) groups is 2. The average molecular weight is 422 g/mol. The van der Waals surface area contributed by atoms with E-state index in [-0.39, 0.29) is 42.0 Å². The highest BCUT2D eigenvalue weighted by Crippen LogP contribution is 2.32. The van der Waals surface area contributed by atoms with Crippen molar-refractivity contribution in [1.82, 2.24) is 10.6 Å². The van der Waals surface area contributed by atoms with Crippen molar-refractivity contribution in [1.29, 1.82) is 0 Å². The Bertz CT molecular complexity index is 989. The van der Waals surface area contributed by atoms with Gasteiger partial charge in [-0.05, 0) is 49.6 Å². The Hall–Kier alpha value is -2.90. The van der Waals surface area contributed by atoms with Gasteiger partial charge in [-0.25, -0.2) is 0 Å². The summed E-state index contributed by atoms with van der Waals surface area (Å²) >= 11 is 0. The van der Waals surface area contributed by atoms with Gasteiger partial charge in [-0.3, -0.25) is 9.59 Å². The Balaban J connectivity index is 1.24. The molecule has 3 fully saturated rings. The van der Waals surface area contributed by atoms with Gasteiger partial charge in [0.25, 0.3) is 5.91 Å². The lowest BCUT2D eigenvalue weighted by Crippen LogP contribution is -2.47. The largest absolute Gasteiger partial charge is 0.457 e. The molecule has 2 aromatic rings. The van der Waals surface area contributed by atoms with Crippen molar-refractivity contribution < 1.29 is 23.8 Å². The third kappa shape index (κ3) is 4.29. The van der Waals surface area contributed by atoms with Crippen molar-refractivity contribution in [3.63, 3.8) is 0 Å². The van der Waals surface area contributed by atoms with Crippen molar-refractivity contribution >= 4 is 11.8 Å². The molecule has 2 aliphatic heterocycles. The minimum atomic E-state index is -0.285. The summed E-state index contributed by atoms with van der Waals surface area (Å²) in [5.74, 6) is 1.14. The summed E-state index contributed by atoms with van der Waals surface area (Å²) in [6.45, 7) is 2.73. The van der Waals surface area contributed by atoms with Crippen LogP contribution in [0.2, 0.25) is 0 Å². The maximum absolute atomic E-state index is 13.1. The second-order valence-corrected chi connectivity index (χ2v) is 8.48. The number of nitrogens with one attached hydrogen (secondary N) is 2. The van der Waals surface area contributed by atoms with Crippen LogP contribution in [0.1, 0.15) is 28.8 Å². The van der Waals surface area contributed by atoms with Crippen LogP contribution in [-0.2, 0) is 14.3 Å². The number of rotatable bonds is 6. The standard InChI is InChI=1S/C24H26N2O5/c1-14-5-4-6-16(11-14)31-20-8-3-2-7-17(20)24(28)26-19-13-30-21-18(12-29-22(19)21)25-23(27)15-9-10-15/h2-8,11,15,18-19,21-22H,9-10,12-13H2,1H3,(H,25,27)(H,26,28). The normalized spacial score (nSPS) is 26.9. The molecule has 2 saturated heterocycles. The Morgan fingerprint density at radius 2 is 1.65 bits per heavy atom. The van der Waals surface area contributed by atoms with Crippen LogP contribution in [0.3, 0.4) is 0 Å². The molecule has 4 unspecified atom stereocenters. The number of ether oxygens (including phenoxy) is 3. The topological polar surface area (TPSA) is 85.9 Å². The second-order valence-electron chi connectivity index (χ2n) is 8.48. The van der Waals surface area contributed by atoms with Crippen LogP contribution in [0, 0.1) is 12.8 Å². The summed E-state index contributed by atoms with van der Waals surface area (Å²) in [4.78, 5) is 25.1. The molecular weight excluding hydrogens is 396 g/mol. The first-order valence-electron chi connectivity index (χ1n) is 10.8. The van der Waals surface area contributed by atoms with E-state index in [0.717, 1.165) is 18.4 Å². The number of aryl methyl sites for hydroxylation is 1. The van der Waals surface area contributed by atoms with Crippen LogP contribution in [0.5, 0.6) is 11.5 Å². The lowest BCUT2D eigenvalue weighted by Gasteiger charge is -2.19. The van der Waals surface area contributed by atoms with E-state index in [9.17, 15) is 9.59 Å². The zero-order valence-electron chi connectivity index (χ0n) is 17.4. The van der Waals surface area contributed by atoms with E-state index in [2.05, 4.69) is 10.6 Å². The second kappa shape index (κ2) is 8.32. The zero-order chi connectivity index (χ0) is 21.4. The SMILES string of the molecule is Cc1cccc(Oc2ccccc2C(=O)NC2COC3C(NC(=O)C4CC4)COC23)c1. The highest BCUT2D eigenvalue weighted by molar-refractivity contribution is 5.97. The summed E-state index contributed by atoms with van der Waals surface area (Å²) in [5, 5.41) is 6.07. The highest BCUT2D eigenvalue weighted by atomic mass is 16.6. The fourth-order valence-corrected chi connectivity index (χ4v) is 4.19. The van der Waals surface area contributed by atoms with Gasteiger partial charge in [-0.2, -0.15) is 0 Å². The molecule has 31 heavy (non-hydrogen) atoms. The third-order valence-electron chi connectivity index (χ3n) is 5.99. The summed E-state index contributed by atoms with van der Waals surface area (Å²) in [6.07, 6.45) is 1.39. The Labute approximate surface area is 181 Å². The molecule has 0 aromatic heterocycles. The fraction of sp³-hybridized carbons (Fsp3) is 0.417. The van der Waals surface area contributed by atoms with E-state index in [0.29, 0.717) is 30.3 Å². The molecule has 2 aromatic carbocycles. The van der Waals surface area contributed by atoms with Gasteiger partial charge in [0, 0.05) is 5.92 Å². The third-order valence-corrected chi connectivity index (χ3v) is 5.99. The number of hydrogen-bond acceptors (Lipinski definition) is 5. The first-order valence-corrected chi connectivity index (χ1v) is 10.8. The van der Waals surface area contributed by atoms with Crippen molar-refractivity contribution in [2.75, 3.05) is 13.2 Å². The van der Waals surface area contributed by atoms with Crippen molar-refractivity contribution in [2.45, 2.75) is 44.1 Å². The molecule has 162 valence electrons. The molecule has 7 heteroatoms. The van der Waals surface area contributed by atoms with Gasteiger partial charge < -0.3 is 24.8 Å². The molecule has 3 aliphatic rings. The van der Waals surface area contributed by atoms with Crippen molar-refractivity contribution in [3.05, 3.63) is 59.7 Å². The number of benzene rings is 2. The van der Waals surface area contributed by atoms with Crippen molar-refractivity contribution in [2.24, 2.45) is 5.92 Å². The van der Waals surface area contributed by atoms with E-state index in [1.807, 2.05) is 43.3 Å². The maximum atomic E-state index is 13.1. The number of para-hydroxylation sites is 1. The maximum Gasteiger partial charge on any atom is 0.255 e. The summed E-state index contributed by atoms with van der Waals surface area (Å²) < 4.78 is 17.8. The van der Waals surface area contributed by atoms with Gasteiger partial charge >= 0.3 is 0 Å². The minimum absolute atomic E-state index is 0.0764. The van der Waals surface area contributed by atoms with Gasteiger partial charge in [0.05, 0.1) is 30.9 Å². The molecule has 4 atom stereocenters. The quantitative estimate of drug-likeness (QED) is 0.747. The van der Waals surface area contributed by atoms with E-state index in [4.69, 9.17) is 14.2 Å². The highest BCUT2D eigenvalue weighted by Gasteiger charge is 2.49. The summed E-state index contributed by atoms with van der Waals surface area (Å²) in [6, 6.07) is 14.4. The van der Waals surface area contributed by atoms with E-state index >= 15 is 0 Å². The van der Waals surface area contributed by atoms with Crippen molar-refractivity contribution in [3.8, 4) is 11.5 Å². The van der Waals surface area contributed by atoms with Crippen LogP contribution in [0.4, 0.5) is 0 Å². The Morgan fingerprint density at radius 3 is 2.35 bits per heavy atom. The van der Waals surface area contributed by atoms with E-state index in [1.54, 1.807) is 12.1 Å². The van der Waals surface area contributed by atoms with Crippen LogP contribution < -0.4 is 15.4 Å². The molecule has 7 nitrogen and oxygen atoms in total. The molecule has 2 amide bonds. The van der Waals surface area contributed by atoms with Crippen LogP contribution in [0.15, 0.2) is 48.5 Å². The molecule has 0 bridgehead atoms. The molecule has 1 saturated carbocycles. The molecule has 1 aliphatic carbocycles. The molecule has 0 spiro atoms. The van der Waals surface area contributed by atoms with Crippen LogP contribution in [0.25, 0.3) is 0 Å². The monoisotopic (exact) mass is 422 g/mol. The number of fused-ring (bicyclic) bond motifs is 1. The van der Waals surface area contributed by atoms with E-state index in [1.165, 1.54) is 0 Å². The molecule has 2 N–H and O–H groups in total. The predicted octanol–water partition coefficient (Wildman–Crippen LogP) is 2.58. The molecule has 0 radical (unpaired) electrons. The summed E-state index contributed by atoms with van der Waals surface area (Å²) in [7, 11) is 0. The van der Waals surface area contributed by atoms with Gasteiger partial charge in [0.2, 0.25) is 5.91 Å². The minimum Gasteiger partial charge on any atom is -0.457 e. The fourth-order valence-electron chi connectivity index (χ4n) is 4.19. The molecular formula is C24H26N2O5.